The van der Waals surface area contributed by atoms with Crippen LogP contribution in [0.4, 0.5) is 0 Å². The molecular weight excluding hydrogens is 346 g/mol. The number of hydrogen-bond donors (Lipinski definition) is 1. The quantitative estimate of drug-likeness (QED) is 0.786. The number of alkyl halides is 1. The second kappa shape index (κ2) is 7.17. The molecule has 4 heteroatoms. The van der Waals surface area contributed by atoms with Crippen LogP contribution in [-0.4, -0.2) is 17.3 Å². The number of amides is 1. The fourth-order valence-corrected chi connectivity index (χ4v) is 1.91. The highest BCUT2D eigenvalue weighted by Gasteiger charge is 2.07. The maximum Gasteiger partial charge on any atom is 0.251 e. The van der Waals surface area contributed by atoms with Gasteiger partial charge in [0.2, 0.25) is 0 Å². The zero-order valence-electron chi connectivity index (χ0n) is 10.1. The highest BCUT2D eigenvalue weighted by molar-refractivity contribution is 9.10. The molecular formula is C13H17Br2NO. The van der Waals surface area contributed by atoms with E-state index in [2.05, 4.69) is 44.1 Å². The van der Waals surface area contributed by atoms with Crippen LogP contribution >= 0.6 is 31.9 Å². The maximum absolute atomic E-state index is 11.8. The smallest absolute Gasteiger partial charge is 0.251 e. The van der Waals surface area contributed by atoms with Crippen LogP contribution in [0, 0.1) is 6.92 Å². The van der Waals surface area contributed by atoms with E-state index in [1.807, 2.05) is 25.1 Å². The minimum atomic E-state index is -0.00333. The number of aryl methyl sites for hydroxylation is 1. The molecule has 0 heterocycles. The van der Waals surface area contributed by atoms with Gasteiger partial charge in [0.15, 0.2) is 0 Å². The first-order valence-corrected chi connectivity index (χ1v) is 7.44. The molecule has 1 unspecified atom stereocenters. The summed E-state index contributed by atoms with van der Waals surface area (Å²) in [4.78, 5) is 12.3. The van der Waals surface area contributed by atoms with Crippen molar-refractivity contribution in [3.63, 3.8) is 0 Å². The molecule has 0 radical (unpaired) electrons. The Morgan fingerprint density at radius 1 is 1.47 bits per heavy atom. The van der Waals surface area contributed by atoms with Crippen molar-refractivity contribution in [3.05, 3.63) is 33.8 Å². The number of benzene rings is 1. The summed E-state index contributed by atoms with van der Waals surface area (Å²) < 4.78 is 1.03. The summed E-state index contributed by atoms with van der Waals surface area (Å²) >= 11 is 6.97. The van der Waals surface area contributed by atoms with E-state index in [1.165, 1.54) is 0 Å². The van der Waals surface area contributed by atoms with Gasteiger partial charge in [-0.05, 0) is 43.5 Å². The SMILES string of the molecule is CCC(Br)CCNC(=O)c1ccc(Br)c(C)c1. The van der Waals surface area contributed by atoms with Crippen LogP contribution in [-0.2, 0) is 0 Å². The van der Waals surface area contributed by atoms with Gasteiger partial charge in [0.1, 0.15) is 0 Å². The molecule has 0 aliphatic carbocycles. The fourth-order valence-electron chi connectivity index (χ4n) is 1.43. The fraction of sp³-hybridized carbons (Fsp3) is 0.462. The largest absolute Gasteiger partial charge is 0.352 e. The third-order valence-corrected chi connectivity index (χ3v) is 4.60. The number of halogens is 2. The molecule has 0 saturated carbocycles. The number of nitrogens with one attached hydrogen (secondary N) is 1. The Bertz CT molecular complexity index is 393. The number of carbonyl (C=O) groups is 1. The summed E-state index contributed by atoms with van der Waals surface area (Å²) in [7, 11) is 0. The first-order chi connectivity index (χ1) is 8.04. The zero-order chi connectivity index (χ0) is 12.8. The van der Waals surface area contributed by atoms with Crippen LogP contribution < -0.4 is 5.32 Å². The molecule has 0 bridgehead atoms. The zero-order valence-corrected chi connectivity index (χ0v) is 13.3. The normalized spacial score (nSPS) is 12.2. The average Bonchev–Trinajstić information content (AvgIpc) is 2.32. The molecule has 0 aliphatic heterocycles. The van der Waals surface area contributed by atoms with Gasteiger partial charge in [0.25, 0.3) is 5.91 Å². The van der Waals surface area contributed by atoms with E-state index in [0.29, 0.717) is 16.9 Å². The van der Waals surface area contributed by atoms with Crippen LogP contribution in [0.25, 0.3) is 0 Å². The second-order valence-electron chi connectivity index (χ2n) is 4.01. The molecule has 0 aromatic heterocycles. The van der Waals surface area contributed by atoms with Crippen molar-refractivity contribution in [1.82, 2.24) is 5.32 Å². The number of hydrogen-bond acceptors (Lipinski definition) is 1. The van der Waals surface area contributed by atoms with E-state index in [1.54, 1.807) is 0 Å². The molecule has 0 fully saturated rings. The van der Waals surface area contributed by atoms with E-state index in [9.17, 15) is 4.79 Å². The lowest BCUT2D eigenvalue weighted by molar-refractivity contribution is 0.0953. The standard InChI is InChI=1S/C13H17Br2NO/c1-3-11(14)6-7-16-13(17)10-4-5-12(15)9(2)8-10/h4-5,8,11H,3,6-7H2,1-2H3,(H,16,17). The minimum absolute atomic E-state index is 0.00333. The first kappa shape index (κ1) is 14.7. The van der Waals surface area contributed by atoms with E-state index < -0.39 is 0 Å². The van der Waals surface area contributed by atoms with Crippen molar-refractivity contribution < 1.29 is 4.79 Å². The molecule has 1 atom stereocenters. The molecule has 1 N–H and O–H groups in total. The van der Waals surface area contributed by atoms with Crippen molar-refractivity contribution >= 4 is 37.8 Å². The Morgan fingerprint density at radius 2 is 2.18 bits per heavy atom. The van der Waals surface area contributed by atoms with Crippen LogP contribution in [0.5, 0.6) is 0 Å². The van der Waals surface area contributed by atoms with Gasteiger partial charge in [-0.3, -0.25) is 4.79 Å². The lowest BCUT2D eigenvalue weighted by Gasteiger charge is -2.09. The molecule has 1 aromatic carbocycles. The molecule has 0 spiro atoms. The van der Waals surface area contributed by atoms with E-state index in [-0.39, 0.29) is 5.91 Å². The Hall–Kier alpha value is -0.350. The molecule has 1 aromatic rings. The lowest BCUT2D eigenvalue weighted by Crippen LogP contribution is -2.26. The predicted octanol–water partition coefficient (Wildman–Crippen LogP) is 4.05. The van der Waals surface area contributed by atoms with Crippen molar-refractivity contribution in [3.8, 4) is 0 Å². The van der Waals surface area contributed by atoms with Crippen molar-refractivity contribution in [1.29, 1.82) is 0 Å². The third kappa shape index (κ3) is 4.80. The predicted molar refractivity (Wildman–Crippen MR) is 78.8 cm³/mol. The molecule has 17 heavy (non-hydrogen) atoms. The van der Waals surface area contributed by atoms with Crippen LogP contribution in [0.2, 0.25) is 0 Å². The van der Waals surface area contributed by atoms with Crippen molar-refractivity contribution in [2.24, 2.45) is 0 Å². The third-order valence-electron chi connectivity index (χ3n) is 2.61. The number of rotatable bonds is 5. The highest BCUT2D eigenvalue weighted by Crippen LogP contribution is 2.17. The molecule has 0 saturated heterocycles. The van der Waals surface area contributed by atoms with Crippen LogP contribution in [0.1, 0.15) is 35.7 Å². The Balaban J connectivity index is 2.50. The monoisotopic (exact) mass is 361 g/mol. The van der Waals surface area contributed by atoms with Gasteiger partial charge in [-0.15, -0.1) is 0 Å². The molecule has 94 valence electrons. The Kier molecular flexibility index (Phi) is 6.20. The summed E-state index contributed by atoms with van der Waals surface area (Å²) in [6, 6.07) is 5.63. The Morgan fingerprint density at radius 3 is 2.76 bits per heavy atom. The van der Waals surface area contributed by atoms with Gasteiger partial charge in [-0.1, -0.05) is 38.8 Å². The average molecular weight is 363 g/mol. The van der Waals surface area contributed by atoms with Gasteiger partial charge < -0.3 is 5.32 Å². The molecule has 1 amide bonds. The molecule has 1 rings (SSSR count). The summed E-state index contributed by atoms with van der Waals surface area (Å²) in [6.45, 7) is 4.81. The van der Waals surface area contributed by atoms with Crippen LogP contribution in [0.15, 0.2) is 22.7 Å². The lowest BCUT2D eigenvalue weighted by atomic mass is 10.1. The van der Waals surface area contributed by atoms with E-state index in [0.717, 1.165) is 22.9 Å². The van der Waals surface area contributed by atoms with Gasteiger partial charge in [0.05, 0.1) is 0 Å². The van der Waals surface area contributed by atoms with Crippen LogP contribution in [0.3, 0.4) is 0 Å². The molecule has 0 aliphatic rings. The first-order valence-electron chi connectivity index (χ1n) is 5.73. The highest BCUT2D eigenvalue weighted by atomic mass is 79.9. The second-order valence-corrected chi connectivity index (χ2v) is 6.16. The maximum atomic E-state index is 11.8. The Labute approximate surface area is 119 Å². The van der Waals surface area contributed by atoms with E-state index >= 15 is 0 Å². The van der Waals surface area contributed by atoms with Gasteiger partial charge in [-0.25, -0.2) is 0 Å². The molecule has 2 nitrogen and oxygen atoms in total. The van der Waals surface area contributed by atoms with Crippen molar-refractivity contribution in [2.75, 3.05) is 6.54 Å². The number of carbonyl (C=O) groups excluding carboxylic acids is 1. The van der Waals surface area contributed by atoms with E-state index in [4.69, 9.17) is 0 Å². The summed E-state index contributed by atoms with van der Waals surface area (Å²) in [5.74, 6) is -0.00333. The summed E-state index contributed by atoms with van der Waals surface area (Å²) in [6.07, 6.45) is 2.03. The summed E-state index contributed by atoms with van der Waals surface area (Å²) in [5.41, 5.74) is 1.79. The summed E-state index contributed by atoms with van der Waals surface area (Å²) in [5, 5.41) is 2.93. The van der Waals surface area contributed by atoms with Gasteiger partial charge in [0, 0.05) is 21.4 Å². The van der Waals surface area contributed by atoms with Crippen molar-refractivity contribution in [2.45, 2.75) is 31.5 Å². The topological polar surface area (TPSA) is 29.1 Å². The minimum Gasteiger partial charge on any atom is -0.352 e. The van der Waals surface area contributed by atoms with Gasteiger partial charge in [-0.2, -0.15) is 0 Å². The van der Waals surface area contributed by atoms with Gasteiger partial charge >= 0.3 is 0 Å².